The number of imide groups is 1. The number of urea groups is 1. The van der Waals surface area contributed by atoms with Crippen LogP contribution in [0.1, 0.15) is 30.5 Å². The Bertz CT molecular complexity index is 1340. The highest BCUT2D eigenvalue weighted by Gasteiger charge is 2.51. The minimum atomic E-state index is -3.72. The molecule has 7 nitrogen and oxygen atoms in total. The largest absolute Gasteiger partial charge is 0.332 e. The molecule has 0 aliphatic carbocycles. The van der Waals surface area contributed by atoms with Crippen LogP contribution < -0.4 is 9.62 Å². The number of benzene rings is 3. The Balaban J connectivity index is 1.66. The van der Waals surface area contributed by atoms with Crippen molar-refractivity contribution in [3.05, 3.63) is 95.6 Å². The first-order chi connectivity index (χ1) is 16.1. The first kappa shape index (κ1) is 23.7. The van der Waals surface area contributed by atoms with Gasteiger partial charge in [0, 0.05) is 6.54 Å². The van der Waals surface area contributed by atoms with Crippen LogP contribution in [0.4, 0.5) is 10.5 Å². The number of anilines is 1. The second kappa shape index (κ2) is 9.04. The third-order valence-corrected chi connectivity index (χ3v) is 7.57. The summed E-state index contributed by atoms with van der Waals surface area (Å²) in [6, 6.07) is 23.3. The molecular weight excluding hydrogens is 450 g/mol. The van der Waals surface area contributed by atoms with Gasteiger partial charge in [-0.05, 0) is 62.2 Å². The number of nitrogens with one attached hydrogen (secondary N) is 1. The second-order valence-electron chi connectivity index (χ2n) is 8.70. The molecule has 0 radical (unpaired) electrons. The van der Waals surface area contributed by atoms with Crippen LogP contribution in [0.5, 0.6) is 0 Å². The molecular formula is C26H27N3O4S. The van der Waals surface area contributed by atoms with E-state index in [9.17, 15) is 18.0 Å². The average Bonchev–Trinajstić information content (AvgIpc) is 3.00. The first-order valence-electron chi connectivity index (χ1n) is 11.0. The highest BCUT2D eigenvalue weighted by Crippen LogP contribution is 2.34. The Morgan fingerprint density at radius 2 is 1.50 bits per heavy atom. The minimum Gasteiger partial charge on any atom is -0.305 e. The van der Waals surface area contributed by atoms with E-state index in [0.29, 0.717) is 6.42 Å². The van der Waals surface area contributed by atoms with Gasteiger partial charge in [-0.3, -0.25) is 4.79 Å². The van der Waals surface area contributed by atoms with Gasteiger partial charge in [0.25, 0.3) is 5.91 Å². The van der Waals surface area contributed by atoms with Crippen LogP contribution in [0, 0.1) is 0 Å². The second-order valence-corrected chi connectivity index (χ2v) is 10.6. The van der Waals surface area contributed by atoms with Crippen molar-refractivity contribution in [1.29, 1.82) is 0 Å². The van der Waals surface area contributed by atoms with E-state index in [1.165, 1.54) is 25.2 Å². The monoisotopic (exact) mass is 477 g/mol. The Kier molecular flexibility index (Phi) is 6.29. The van der Waals surface area contributed by atoms with Crippen LogP contribution in [0.25, 0.3) is 0 Å². The Morgan fingerprint density at radius 1 is 0.853 bits per heavy atom. The maximum atomic E-state index is 13.5. The normalized spacial score (nSPS) is 15.7. The van der Waals surface area contributed by atoms with Crippen LogP contribution in [-0.4, -0.2) is 37.8 Å². The summed E-state index contributed by atoms with van der Waals surface area (Å²) >= 11 is 0. The van der Waals surface area contributed by atoms with Crippen molar-refractivity contribution in [1.82, 2.24) is 9.62 Å². The molecule has 8 heteroatoms. The maximum absolute atomic E-state index is 13.5. The third-order valence-electron chi connectivity index (χ3n) is 6.16. The number of amides is 3. The highest BCUT2D eigenvalue weighted by molar-refractivity contribution is 7.89. The number of hydrogen-bond acceptors (Lipinski definition) is 4. The summed E-state index contributed by atoms with van der Waals surface area (Å²) in [5.74, 6) is -0.406. The molecule has 0 spiro atoms. The van der Waals surface area contributed by atoms with Crippen molar-refractivity contribution < 1.29 is 18.0 Å². The van der Waals surface area contributed by atoms with Gasteiger partial charge < -0.3 is 4.90 Å². The summed E-state index contributed by atoms with van der Waals surface area (Å²) in [5, 5.41) is 0. The predicted octanol–water partition coefficient (Wildman–Crippen LogP) is 3.93. The van der Waals surface area contributed by atoms with E-state index in [4.69, 9.17) is 0 Å². The Hall–Kier alpha value is -3.49. The molecule has 0 bridgehead atoms. The zero-order chi connectivity index (χ0) is 24.5. The molecule has 3 aromatic rings. The molecule has 4 rings (SSSR count). The Morgan fingerprint density at radius 3 is 2.18 bits per heavy atom. The van der Waals surface area contributed by atoms with E-state index in [1.807, 2.05) is 42.5 Å². The van der Waals surface area contributed by atoms with Gasteiger partial charge in [-0.25, -0.2) is 22.8 Å². The summed E-state index contributed by atoms with van der Waals surface area (Å²) < 4.78 is 26.7. The molecule has 176 valence electrons. The van der Waals surface area contributed by atoms with Crippen molar-refractivity contribution in [2.24, 2.45) is 0 Å². The molecule has 3 aromatic carbocycles. The van der Waals surface area contributed by atoms with Gasteiger partial charge in [0.2, 0.25) is 10.0 Å². The molecule has 34 heavy (non-hydrogen) atoms. The topological polar surface area (TPSA) is 86.8 Å². The third kappa shape index (κ3) is 4.34. The van der Waals surface area contributed by atoms with Gasteiger partial charge in [0.1, 0.15) is 5.54 Å². The Labute approximate surface area is 200 Å². The number of carbonyl (C=O) groups is 2. The molecule has 0 atom stereocenters. The molecule has 1 heterocycles. The van der Waals surface area contributed by atoms with E-state index in [2.05, 4.69) is 16.9 Å². The number of rotatable bonds is 7. The fourth-order valence-corrected chi connectivity index (χ4v) is 4.88. The molecule has 0 unspecified atom stereocenters. The van der Waals surface area contributed by atoms with Gasteiger partial charge in [0.15, 0.2) is 0 Å². The van der Waals surface area contributed by atoms with E-state index >= 15 is 0 Å². The molecule has 3 amide bonds. The minimum absolute atomic E-state index is 0.0161. The quantitative estimate of drug-likeness (QED) is 0.523. The van der Waals surface area contributed by atoms with Crippen molar-refractivity contribution in [2.75, 3.05) is 11.9 Å². The van der Waals surface area contributed by atoms with E-state index in [0.717, 1.165) is 21.6 Å². The molecule has 1 aliphatic heterocycles. The zero-order valence-electron chi connectivity index (χ0n) is 19.4. The van der Waals surface area contributed by atoms with Gasteiger partial charge in [-0.2, -0.15) is 0 Å². The smallest absolute Gasteiger partial charge is 0.305 e. The average molecular weight is 478 g/mol. The fraction of sp³-hybridized carbons (Fsp3) is 0.231. The van der Waals surface area contributed by atoms with E-state index in [-0.39, 0.29) is 17.1 Å². The lowest BCUT2D eigenvalue weighted by Crippen LogP contribution is -2.43. The van der Waals surface area contributed by atoms with Crippen molar-refractivity contribution >= 4 is 27.6 Å². The number of carbonyl (C=O) groups excluding carboxylic acids is 2. The predicted molar refractivity (Wildman–Crippen MR) is 131 cm³/mol. The van der Waals surface area contributed by atoms with Crippen LogP contribution in [-0.2, 0) is 27.8 Å². The highest BCUT2D eigenvalue weighted by atomic mass is 32.2. The lowest BCUT2D eigenvalue weighted by Gasteiger charge is -2.28. The van der Waals surface area contributed by atoms with E-state index < -0.39 is 27.5 Å². The SMILES string of the molecule is CNS(=O)(=O)c1cccc(N2C(=O)N(Cc3ccccc3Cc3ccccc3)C(C)(C)C2=O)c1. The lowest BCUT2D eigenvalue weighted by molar-refractivity contribution is -0.123. The number of nitrogens with zero attached hydrogens (tertiary/aromatic N) is 2. The van der Waals surface area contributed by atoms with Crippen LogP contribution in [0.15, 0.2) is 83.8 Å². The van der Waals surface area contributed by atoms with Gasteiger partial charge in [-0.15, -0.1) is 0 Å². The molecule has 1 N–H and O–H groups in total. The summed E-state index contributed by atoms with van der Waals surface area (Å²) in [6.45, 7) is 3.67. The summed E-state index contributed by atoms with van der Waals surface area (Å²) in [5.41, 5.74) is 2.30. The fourth-order valence-electron chi connectivity index (χ4n) is 4.11. The zero-order valence-corrected chi connectivity index (χ0v) is 20.2. The van der Waals surface area contributed by atoms with Crippen molar-refractivity contribution in [3.63, 3.8) is 0 Å². The molecule has 1 saturated heterocycles. The lowest BCUT2D eigenvalue weighted by atomic mass is 9.97. The number of sulfonamides is 1. The van der Waals surface area contributed by atoms with Crippen molar-refractivity contribution in [2.45, 2.75) is 37.2 Å². The maximum Gasteiger partial charge on any atom is 0.332 e. The molecule has 0 saturated carbocycles. The van der Waals surface area contributed by atoms with Gasteiger partial charge in [0.05, 0.1) is 10.6 Å². The van der Waals surface area contributed by atoms with Crippen molar-refractivity contribution in [3.8, 4) is 0 Å². The van der Waals surface area contributed by atoms with Gasteiger partial charge in [-0.1, -0.05) is 60.7 Å². The van der Waals surface area contributed by atoms with Crippen LogP contribution >= 0.6 is 0 Å². The summed E-state index contributed by atoms with van der Waals surface area (Å²) in [4.78, 5) is 29.4. The molecule has 1 fully saturated rings. The van der Waals surface area contributed by atoms with Crippen LogP contribution in [0.3, 0.4) is 0 Å². The summed E-state index contributed by atoms with van der Waals surface area (Å²) in [6.07, 6.45) is 0.709. The number of hydrogen-bond donors (Lipinski definition) is 1. The summed E-state index contributed by atoms with van der Waals surface area (Å²) in [7, 11) is -2.41. The van der Waals surface area contributed by atoms with E-state index in [1.54, 1.807) is 24.8 Å². The first-order valence-corrected chi connectivity index (χ1v) is 12.4. The van der Waals surface area contributed by atoms with Crippen LogP contribution in [0.2, 0.25) is 0 Å². The van der Waals surface area contributed by atoms with Gasteiger partial charge >= 0.3 is 6.03 Å². The molecule has 0 aromatic heterocycles. The molecule has 1 aliphatic rings. The standard InChI is InChI=1S/C26H27N3O4S/c1-26(2)24(30)29(22-14-9-15-23(17-22)34(32,33)27-3)25(31)28(26)18-21-13-8-7-12-20(21)16-19-10-5-4-6-11-19/h4-15,17,27H,16,18H2,1-3H3.